The smallest absolute Gasteiger partial charge is 0.224 e. The molecule has 1 fully saturated rings. The third-order valence-electron chi connectivity index (χ3n) is 5.52. The number of benzene rings is 2. The minimum atomic E-state index is -0.397. The van der Waals surface area contributed by atoms with E-state index < -0.39 is 6.10 Å². The standard InChI is InChI=1S/C22H28N4O2/c27-18(15-23-17-5-2-1-3-6-17)16-25-11-13-26(14-12-25)21-8-4-7-20-19(21)9-10-22(28)24-20/h1-8,18,23,27H,9-16H2,(H,24,28)/t18-/m1/s1. The van der Waals surface area contributed by atoms with Crippen LogP contribution in [-0.4, -0.2) is 61.3 Å². The minimum Gasteiger partial charge on any atom is -0.390 e. The first-order valence-corrected chi connectivity index (χ1v) is 10.0. The Morgan fingerprint density at radius 2 is 1.79 bits per heavy atom. The molecule has 0 aliphatic carbocycles. The van der Waals surface area contributed by atoms with Gasteiger partial charge in [0, 0.05) is 62.8 Å². The van der Waals surface area contributed by atoms with Gasteiger partial charge < -0.3 is 20.6 Å². The molecule has 2 aromatic rings. The fourth-order valence-corrected chi connectivity index (χ4v) is 4.03. The van der Waals surface area contributed by atoms with Gasteiger partial charge in [-0.3, -0.25) is 9.69 Å². The first-order valence-electron chi connectivity index (χ1n) is 10.0. The zero-order chi connectivity index (χ0) is 19.3. The molecule has 6 heteroatoms. The summed E-state index contributed by atoms with van der Waals surface area (Å²) in [6.07, 6.45) is 0.970. The highest BCUT2D eigenvalue weighted by molar-refractivity contribution is 5.95. The molecular weight excluding hydrogens is 352 g/mol. The van der Waals surface area contributed by atoms with Crippen molar-refractivity contribution < 1.29 is 9.90 Å². The highest BCUT2D eigenvalue weighted by Gasteiger charge is 2.24. The van der Waals surface area contributed by atoms with Gasteiger partial charge in [0.05, 0.1) is 6.10 Å². The zero-order valence-corrected chi connectivity index (χ0v) is 16.1. The second-order valence-electron chi connectivity index (χ2n) is 7.54. The van der Waals surface area contributed by atoms with Gasteiger partial charge in [0.25, 0.3) is 0 Å². The number of anilines is 3. The van der Waals surface area contributed by atoms with Gasteiger partial charge in [-0.2, -0.15) is 0 Å². The largest absolute Gasteiger partial charge is 0.390 e. The molecule has 1 amide bonds. The lowest BCUT2D eigenvalue weighted by Gasteiger charge is -2.38. The van der Waals surface area contributed by atoms with Crippen molar-refractivity contribution in [1.82, 2.24) is 4.90 Å². The summed E-state index contributed by atoms with van der Waals surface area (Å²) in [5.41, 5.74) is 4.48. The van der Waals surface area contributed by atoms with E-state index in [4.69, 9.17) is 0 Å². The first kappa shape index (κ1) is 18.8. The number of carbonyl (C=O) groups excluding carboxylic acids is 1. The molecule has 2 aliphatic heterocycles. The first-order chi connectivity index (χ1) is 13.7. The Kier molecular flexibility index (Phi) is 5.78. The monoisotopic (exact) mass is 380 g/mol. The Hall–Kier alpha value is -2.57. The van der Waals surface area contributed by atoms with Gasteiger partial charge in [0.15, 0.2) is 0 Å². The lowest BCUT2D eigenvalue weighted by atomic mass is 10.00. The van der Waals surface area contributed by atoms with Crippen molar-refractivity contribution in [2.75, 3.05) is 54.8 Å². The van der Waals surface area contributed by atoms with E-state index in [1.165, 1.54) is 11.3 Å². The van der Waals surface area contributed by atoms with Crippen LogP contribution in [0.2, 0.25) is 0 Å². The lowest BCUT2D eigenvalue weighted by Crippen LogP contribution is -2.49. The van der Waals surface area contributed by atoms with Gasteiger partial charge in [0.1, 0.15) is 0 Å². The van der Waals surface area contributed by atoms with Crippen LogP contribution in [0.25, 0.3) is 0 Å². The van der Waals surface area contributed by atoms with E-state index in [2.05, 4.69) is 26.5 Å². The summed E-state index contributed by atoms with van der Waals surface area (Å²) in [5.74, 6) is 0.104. The second-order valence-corrected chi connectivity index (χ2v) is 7.54. The highest BCUT2D eigenvalue weighted by Crippen LogP contribution is 2.32. The molecule has 28 heavy (non-hydrogen) atoms. The van der Waals surface area contributed by atoms with Crippen LogP contribution in [-0.2, 0) is 11.2 Å². The van der Waals surface area contributed by atoms with Crippen LogP contribution in [0.1, 0.15) is 12.0 Å². The molecule has 0 radical (unpaired) electrons. The molecule has 0 unspecified atom stereocenters. The SMILES string of the molecule is O=C1CCc2c(cccc2N2CCN(C[C@H](O)CNc3ccccc3)CC2)N1. The quantitative estimate of drug-likeness (QED) is 0.717. The van der Waals surface area contributed by atoms with Crippen LogP contribution in [0, 0.1) is 0 Å². The Morgan fingerprint density at radius 3 is 2.57 bits per heavy atom. The molecule has 2 heterocycles. The molecule has 2 aromatic carbocycles. The van der Waals surface area contributed by atoms with E-state index in [0.29, 0.717) is 19.5 Å². The van der Waals surface area contributed by atoms with E-state index >= 15 is 0 Å². The number of hydrogen-bond donors (Lipinski definition) is 3. The molecule has 6 nitrogen and oxygen atoms in total. The van der Waals surface area contributed by atoms with Crippen LogP contribution in [0.5, 0.6) is 0 Å². The summed E-state index contributed by atoms with van der Waals surface area (Å²) >= 11 is 0. The Balaban J connectivity index is 1.28. The molecule has 1 saturated heterocycles. The number of nitrogens with zero attached hydrogens (tertiary/aromatic N) is 2. The number of fused-ring (bicyclic) bond motifs is 1. The minimum absolute atomic E-state index is 0.104. The summed E-state index contributed by atoms with van der Waals surface area (Å²) < 4.78 is 0. The second kappa shape index (κ2) is 8.63. The van der Waals surface area contributed by atoms with E-state index in [1.54, 1.807) is 0 Å². The van der Waals surface area contributed by atoms with Gasteiger partial charge in [-0.05, 0) is 36.2 Å². The van der Waals surface area contributed by atoms with Gasteiger partial charge in [-0.15, -0.1) is 0 Å². The van der Waals surface area contributed by atoms with Crippen molar-refractivity contribution in [3.8, 4) is 0 Å². The molecule has 1 atom stereocenters. The fourth-order valence-electron chi connectivity index (χ4n) is 4.03. The summed E-state index contributed by atoms with van der Waals surface area (Å²) in [6.45, 7) is 4.95. The van der Waals surface area contributed by atoms with E-state index in [0.717, 1.165) is 44.0 Å². The van der Waals surface area contributed by atoms with Crippen LogP contribution < -0.4 is 15.5 Å². The Morgan fingerprint density at radius 1 is 1.00 bits per heavy atom. The number of amides is 1. The van der Waals surface area contributed by atoms with Crippen molar-refractivity contribution in [3.05, 3.63) is 54.1 Å². The third kappa shape index (κ3) is 4.46. The number of β-amino-alcohol motifs (C(OH)–C–C–N with tert-alkyl or cyclic N) is 1. The van der Waals surface area contributed by atoms with E-state index in [1.807, 2.05) is 42.5 Å². The molecule has 0 aromatic heterocycles. The molecule has 4 rings (SSSR count). The Labute approximate surface area is 166 Å². The molecule has 148 valence electrons. The normalized spacial score (nSPS) is 18.3. The number of para-hydroxylation sites is 1. The van der Waals surface area contributed by atoms with Crippen molar-refractivity contribution in [3.63, 3.8) is 0 Å². The predicted molar refractivity (Wildman–Crippen MR) is 113 cm³/mol. The van der Waals surface area contributed by atoms with Crippen molar-refractivity contribution >= 4 is 23.0 Å². The number of piperazine rings is 1. The summed E-state index contributed by atoms with van der Waals surface area (Å²) in [7, 11) is 0. The van der Waals surface area contributed by atoms with Gasteiger partial charge in [0.2, 0.25) is 5.91 Å². The summed E-state index contributed by atoms with van der Waals surface area (Å²) in [4.78, 5) is 16.4. The van der Waals surface area contributed by atoms with Gasteiger partial charge >= 0.3 is 0 Å². The maximum atomic E-state index is 11.6. The molecule has 0 spiro atoms. The van der Waals surface area contributed by atoms with Gasteiger partial charge in [-0.1, -0.05) is 24.3 Å². The fraction of sp³-hybridized carbons (Fsp3) is 0.409. The number of hydrogen-bond acceptors (Lipinski definition) is 5. The van der Waals surface area contributed by atoms with E-state index in [9.17, 15) is 9.90 Å². The predicted octanol–water partition coefficient (Wildman–Crippen LogP) is 2.17. The summed E-state index contributed by atoms with van der Waals surface area (Å²) in [6, 6.07) is 16.1. The zero-order valence-electron chi connectivity index (χ0n) is 16.1. The molecule has 0 saturated carbocycles. The molecule has 2 aliphatic rings. The molecular formula is C22H28N4O2. The summed E-state index contributed by atoms with van der Waals surface area (Å²) in [5, 5.41) is 16.6. The Bertz CT molecular complexity index is 803. The van der Waals surface area contributed by atoms with Crippen molar-refractivity contribution in [1.29, 1.82) is 0 Å². The van der Waals surface area contributed by atoms with Gasteiger partial charge in [-0.25, -0.2) is 0 Å². The number of rotatable bonds is 6. The van der Waals surface area contributed by atoms with Crippen LogP contribution in [0.4, 0.5) is 17.1 Å². The maximum Gasteiger partial charge on any atom is 0.224 e. The average molecular weight is 380 g/mol. The van der Waals surface area contributed by atoms with Crippen LogP contribution in [0.15, 0.2) is 48.5 Å². The lowest BCUT2D eigenvalue weighted by molar-refractivity contribution is -0.116. The molecule has 3 N–H and O–H groups in total. The number of aliphatic hydroxyl groups excluding tert-OH is 1. The highest BCUT2D eigenvalue weighted by atomic mass is 16.3. The van der Waals surface area contributed by atoms with Crippen LogP contribution in [0.3, 0.4) is 0 Å². The average Bonchev–Trinajstić information content (AvgIpc) is 2.73. The third-order valence-corrected chi connectivity index (χ3v) is 5.52. The number of aliphatic hydroxyl groups is 1. The topological polar surface area (TPSA) is 67.8 Å². The van der Waals surface area contributed by atoms with Crippen LogP contribution >= 0.6 is 0 Å². The number of carbonyl (C=O) groups is 1. The van der Waals surface area contributed by atoms with Crippen molar-refractivity contribution in [2.45, 2.75) is 18.9 Å². The maximum absolute atomic E-state index is 11.6. The van der Waals surface area contributed by atoms with Crippen molar-refractivity contribution in [2.24, 2.45) is 0 Å². The molecule has 0 bridgehead atoms. The van der Waals surface area contributed by atoms with E-state index in [-0.39, 0.29) is 5.91 Å². The number of nitrogens with one attached hydrogen (secondary N) is 2.